The predicted octanol–water partition coefficient (Wildman–Crippen LogP) is 2.60. The maximum atomic E-state index is 12.4. The summed E-state index contributed by atoms with van der Waals surface area (Å²) in [6, 6.07) is 4.53. The van der Waals surface area contributed by atoms with Crippen LogP contribution in [0, 0.1) is 0 Å². The van der Waals surface area contributed by atoms with E-state index in [2.05, 4.69) is 5.32 Å². The lowest BCUT2D eigenvalue weighted by Gasteiger charge is -2.14. The van der Waals surface area contributed by atoms with E-state index in [4.69, 9.17) is 0 Å². The van der Waals surface area contributed by atoms with Crippen LogP contribution < -0.4 is 5.32 Å². The molecule has 0 aliphatic carbocycles. The number of carbonyl (C=O) groups excluding carboxylic acids is 1. The highest BCUT2D eigenvalue weighted by Gasteiger charge is 2.26. The Morgan fingerprint density at radius 3 is 2.05 bits per heavy atom. The van der Waals surface area contributed by atoms with Gasteiger partial charge in [0.25, 0.3) is 5.91 Å². The molecule has 1 amide bonds. The summed E-state index contributed by atoms with van der Waals surface area (Å²) < 4.78 is 47.2. The minimum absolute atomic E-state index is 0.0342. The fourth-order valence-corrected chi connectivity index (χ4v) is 2.38. The van der Waals surface area contributed by atoms with Crippen LogP contribution in [0.25, 0.3) is 0 Å². The number of rotatable bonds is 6. The van der Waals surface area contributed by atoms with E-state index < -0.39 is 20.5 Å². The number of hydrogen-bond acceptors (Lipinski definition) is 3. The van der Waals surface area contributed by atoms with Gasteiger partial charge in [-0.1, -0.05) is 13.8 Å². The Kier molecular flexibility index (Phi) is 5.62. The first-order valence-electron chi connectivity index (χ1n) is 6.25. The Hall–Kier alpha value is -1.50. The lowest BCUT2D eigenvalue weighted by molar-refractivity contribution is 0.0934. The number of alkyl halides is 2. The highest BCUT2D eigenvalue weighted by Crippen LogP contribution is 2.18. The summed E-state index contributed by atoms with van der Waals surface area (Å²) in [4.78, 5) is 11.4. The number of hydrogen-bond donors (Lipinski definition) is 1. The highest BCUT2D eigenvalue weighted by molar-refractivity contribution is 7.91. The van der Waals surface area contributed by atoms with Gasteiger partial charge in [0.05, 0.1) is 4.90 Å². The minimum atomic E-state index is -4.62. The minimum Gasteiger partial charge on any atom is -0.349 e. The number of amides is 1. The molecule has 7 heteroatoms. The van der Waals surface area contributed by atoms with Crippen molar-refractivity contribution in [2.45, 2.75) is 43.4 Å². The summed E-state index contributed by atoms with van der Waals surface area (Å²) >= 11 is 0. The Labute approximate surface area is 117 Å². The molecule has 0 bridgehead atoms. The third kappa shape index (κ3) is 3.75. The first-order chi connectivity index (χ1) is 9.32. The number of nitrogens with one attached hydrogen (secondary N) is 1. The lowest BCUT2D eigenvalue weighted by atomic mass is 10.1. The third-order valence-electron chi connectivity index (χ3n) is 3.00. The van der Waals surface area contributed by atoms with Crippen LogP contribution >= 0.6 is 0 Å². The molecular formula is C13H17F2NO3S. The van der Waals surface area contributed by atoms with Crippen LogP contribution in [-0.4, -0.2) is 26.1 Å². The van der Waals surface area contributed by atoms with Crippen molar-refractivity contribution in [3.63, 3.8) is 0 Å². The molecule has 0 aromatic heterocycles. The van der Waals surface area contributed by atoms with E-state index in [1.54, 1.807) is 0 Å². The Morgan fingerprint density at radius 1 is 1.15 bits per heavy atom. The van der Waals surface area contributed by atoms with E-state index in [-0.39, 0.29) is 17.5 Å². The fourth-order valence-electron chi connectivity index (χ4n) is 1.66. The van der Waals surface area contributed by atoms with E-state index in [9.17, 15) is 22.0 Å². The summed E-state index contributed by atoms with van der Waals surface area (Å²) in [5.74, 6) is -3.81. The Balaban J connectivity index is 2.89. The lowest BCUT2D eigenvalue weighted by Crippen LogP contribution is -2.33. The average molecular weight is 305 g/mol. The van der Waals surface area contributed by atoms with Gasteiger partial charge in [-0.3, -0.25) is 4.79 Å². The average Bonchev–Trinajstić information content (AvgIpc) is 2.44. The van der Waals surface area contributed by atoms with Crippen molar-refractivity contribution in [3.8, 4) is 0 Å². The zero-order valence-electron chi connectivity index (χ0n) is 11.3. The molecule has 0 unspecified atom stereocenters. The topological polar surface area (TPSA) is 63.2 Å². The molecular weight excluding hydrogens is 288 g/mol. The molecule has 1 aromatic carbocycles. The van der Waals surface area contributed by atoms with Gasteiger partial charge < -0.3 is 5.32 Å². The zero-order chi connectivity index (χ0) is 15.3. The summed E-state index contributed by atoms with van der Waals surface area (Å²) in [6.45, 7) is 3.87. The first-order valence-corrected chi connectivity index (χ1v) is 7.80. The second-order valence-electron chi connectivity index (χ2n) is 4.32. The van der Waals surface area contributed by atoms with Gasteiger partial charge >= 0.3 is 5.76 Å². The third-order valence-corrected chi connectivity index (χ3v) is 4.40. The monoisotopic (exact) mass is 305 g/mol. The molecule has 112 valence electrons. The number of halogens is 2. The number of sulfone groups is 1. The van der Waals surface area contributed by atoms with Crippen molar-refractivity contribution in [2.24, 2.45) is 0 Å². The molecule has 0 radical (unpaired) electrons. The molecule has 20 heavy (non-hydrogen) atoms. The molecule has 0 heterocycles. The van der Waals surface area contributed by atoms with Crippen molar-refractivity contribution >= 4 is 15.7 Å². The maximum absolute atomic E-state index is 12.4. The second kappa shape index (κ2) is 6.78. The smallest absolute Gasteiger partial charge is 0.341 e. The maximum Gasteiger partial charge on any atom is 0.341 e. The zero-order valence-corrected chi connectivity index (χ0v) is 12.1. The predicted molar refractivity (Wildman–Crippen MR) is 71.5 cm³/mol. The van der Waals surface area contributed by atoms with Crippen LogP contribution in [0.1, 0.15) is 37.0 Å². The molecule has 1 N–H and O–H groups in total. The summed E-state index contributed by atoms with van der Waals surface area (Å²) in [5, 5.41) is 2.78. The van der Waals surface area contributed by atoms with Gasteiger partial charge in [-0.2, -0.15) is 8.78 Å². The van der Waals surface area contributed by atoms with Crippen LogP contribution in [0.15, 0.2) is 29.2 Å². The number of carbonyl (C=O) groups is 1. The van der Waals surface area contributed by atoms with Crippen molar-refractivity contribution in [3.05, 3.63) is 29.8 Å². The molecule has 0 saturated carbocycles. The van der Waals surface area contributed by atoms with E-state index in [1.165, 1.54) is 12.1 Å². The largest absolute Gasteiger partial charge is 0.349 e. The van der Waals surface area contributed by atoms with Crippen molar-refractivity contribution < 1.29 is 22.0 Å². The van der Waals surface area contributed by atoms with E-state index in [0.717, 1.165) is 25.0 Å². The molecule has 0 spiro atoms. The standard InChI is InChI=1S/C13H17F2NO3S/c1-3-10(4-2)16-12(17)9-5-7-11(8-6-9)20(18,19)13(14)15/h5-8,10,13H,3-4H2,1-2H3,(H,16,17). The SMILES string of the molecule is CCC(CC)NC(=O)c1ccc(S(=O)(=O)C(F)F)cc1. The normalized spacial score (nSPS) is 11.9. The summed E-state index contributed by atoms with van der Waals surface area (Å²) in [5.41, 5.74) is 0.241. The molecule has 0 saturated heterocycles. The first kappa shape index (κ1) is 16.6. The summed E-state index contributed by atoms with van der Waals surface area (Å²) in [6.07, 6.45) is 1.56. The van der Waals surface area contributed by atoms with Crippen LogP contribution in [0.3, 0.4) is 0 Å². The molecule has 0 fully saturated rings. The van der Waals surface area contributed by atoms with Gasteiger partial charge in [-0.05, 0) is 37.1 Å². The van der Waals surface area contributed by atoms with Gasteiger partial charge in [0.15, 0.2) is 0 Å². The molecule has 1 aromatic rings. The molecule has 0 atom stereocenters. The van der Waals surface area contributed by atoms with Crippen LogP contribution in [0.5, 0.6) is 0 Å². The molecule has 1 rings (SSSR count). The van der Waals surface area contributed by atoms with E-state index >= 15 is 0 Å². The number of benzene rings is 1. The van der Waals surface area contributed by atoms with Gasteiger partial charge in [-0.25, -0.2) is 8.42 Å². The summed E-state index contributed by atoms with van der Waals surface area (Å²) in [7, 11) is -4.62. The van der Waals surface area contributed by atoms with E-state index in [1.807, 2.05) is 13.8 Å². The van der Waals surface area contributed by atoms with Gasteiger partial charge in [-0.15, -0.1) is 0 Å². The molecule has 0 aliphatic heterocycles. The van der Waals surface area contributed by atoms with Gasteiger partial charge in [0, 0.05) is 11.6 Å². The van der Waals surface area contributed by atoms with Crippen molar-refractivity contribution in [2.75, 3.05) is 0 Å². The van der Waals surface area contributed by atoms with Gasteiger partial charge in [0.1, 0.15) is 0 Å². The quantitative estimate of drug-likeness (QED) is 0.878. The molecule has 4 nitrogen and oxygen atoms in total. The highest BCUT2D eigenvalue weighted by atomic mass is 32.2. The Bertz CT molecular complexity index is 551. The van der Waals surface area contributed by atoms with Crippen molar-refractivity contribution in [1.82, 2.24) is 5.32 Å². The second-order valence-corrected chi connectivity index (χ2v) is 6.23. The van der Waals surface area contributed by atoms with Crippen LogP contribution in [-0.2, 0) is 9.84 Å². The molecule has 0 aliphatic rings. The van der Waals surface area contributed by atoms with Gasteiger partial charge in [0.2, 0.25) is 9.84 Å². The Morgan fingerprint density at radius 2 is 1.65 bits per heavy atom. The van der Waals surface area contributed by atoms with Crippen LogP contribution in [0.4, 0.5) is 8.78 Å². The fraction of sp³-hybridized carbons (Fsp3) is 0.462. The van der Waals surface area contributed by atoms with E-state index in [0.29, 0.717) is 0 Å². The van der Waals surface area contributed by atoms with Crippen molar-refractivity contribution in [1.29, 1.82) is 0 Å². The van der Waals surface area contributed by atoms with Crippen LogP contribution in [0.2, 0.25) is 0 Å².